The zero-order valence-electron chi connectivity index (χ0n) is 11.1. The molecule has 1 amide bonds. The number of Topliss-reactive ketones (excluding diaryl/α,β-unsaturated/α-hetero) is 1. The molecule has 0 saturated heterocycles. The van der Waals surface area contributed by atoms with Crippen molar-refractivity contribution in [1.82, 2.24) is 5.32 Å². The molecule has 4 nitrogen and oxygen atoms in total. The molecule has 0 radical (unpaired) electrons. The fourth-order valence-corrected chi connectivity index (χ4v) is 1.54. The summed E-state index contributed by atoms with van der Waals surface area (Å²) in [6.45, 7) is 5.99. The second kappa shape index (κ2) is 6.79. The fraction of sp³-hybridized carbons (Fsp3) is 0.429. The van der Waals surface area contributed by atoms with E-state index in [1.54, 1.807) is 19.1 Å². The smallest absolute Gasteiger partial charge is 0.221 e. The fourth-order valence-electron chi connectivity index (χ4n) is 1.54. The predicted molar refractivity (Wildman–Crippen MR) is 72.8 cm³/mol. The lowest BCUT2D eigenvalue weighted by Gasteiger charge is -2.09. The Kier molecular flexibility index (Phi) is 5.36. The summed E-state index contributed by atoms with van der Waals surface area (Å²) in [6.07, 6.45) is 0.437. The van der Waals surface area contributed by atoms with Crippen LogP contribution in [-0.2, 0) is 4.79 Å². The van der Waals surface area contributed by atoms with Gasteiger partial charge in [0.2, 0.25) is 5.91 Å². The molecule has 0 bridgehead atoms. The maximum absolute atomic E-state index is 11.4. The Morgan fingerprint density at radius 3 is 2.28 bits per heavy atom. The maximum atomic E-state index is 11.4. The van der Waals surface area contributed by atoms with Crippen molar-refractivity contribution < 1.29 is 9.59 Å². The second-order valence-corrected chi connectivity index (χ2v) is 4.53. The number of amides is 1. The van der Waals surface area contributed by atoms with E-state index < -0.39 is 0 Å². The number of benzene rings is 1. The van der Waals surface area contributed by atoms with Crippen LogP contribution >= 0.6 is 0 Å². The van der Waals surface area contributed by atoms with E-state index in [1.807, 2.05) is 26.0 Å². The standard InChI is InChI=1S/C14H20N2O2/c1-10(2)16-14(18)8-9-15-13-6-4-12(5-7-13)11(3)17/h4-7,10,15H,8-9H2,1-3H3,(H,16,18). The predicted octanol–water partition coefficient (Wildman–Crippen LogP) is 2.22. The minimum Gasteiger partial charge on any atom is -0.385 e. The van der Waals surface area contributed by atoms with E-state index in [0.717, 1.165) is 5.69 Å². The first-order valence-electron chi connectivity index (χ1n) is 6.13. The number of anilines is 1. The summed E-state index contributed by atoms with van der Waals surface area (Å²) in [4.78, 5) is 22.5. The number of nitrogens with one attached hydrogen (secondary N) is 2. The summed E-state index contributed by atoms with van der Waals surface area (Å²) in [5.74, 6) is 0.0933. The lowest BCUT2D eigenvalue weighted by molar-refractivity contribution is -0.121. The van der Waals surface area contributed by atoms with Gasteiger partial charge in [-0.05, 0) is 45.0 Å². The molecule has 2 N–H and O–H groups in total. The molecule has 0 atom stereocenters. The minimum atomic E-state index is 0.0397. The summed E-state index contributed by atoms with van der Waals surface area (Å²) in [5.41, 5.74) is 1.61. The van der Waals surface area contributed by atoms with E-state index in [2.05, 4.69) is 10.6 Å². The van der Waals surface area contributed by atoms with Crippen LogP contribution in [0.2, 0.25) is 0 Å². The third kappa shape index (κ3) is 4.99. The first kappa shape index (κ1) is 14.2. The largest absolute Gasteiger partial charge is 0.385 e. The van der Waals surface area contributed by atoms with Crippen LogP contribution in [0.4, 0.5) is 5.69 Å². The van der Waals surface area contributed by atoms with Gasteiger partial charge in [0.05, 0.1) is 0 Å². The molecular formula is C14H20N2O2. The molecule has 0 spiro atoms. The molecule has 98 valence electrons. The Labute approximate surface area is 108 Å². The van der Waals surface area contributed by atoms with Crippen molar-refractivity contribution in [2.75, 3.05) is 11.9 Å². The van der Waals surface area contributed by atoms with Crippen molar-refractivity contribution in [2.45, 2.75) is 33.2 Å². The third-order valence-corrected chi connectivity index (χ3v) is 2.42. The molecule has 0 fully saturated rings. The van der Waals surface area contributed by atoms with Gasteiger partial charge in [0.25, 0.3) is 0 Å². The van der Waals surface area contributed by atoms with Crippen molar-refractivity contribution in [3.63, 3.8) is 0 Å². The molecular weight excluding hydrogens is 228 g/mol. The highest BCUT2D eigenvalue weighted by atomic mass is 16.1. The molecule has 0 heterocycles. The van der Waals surface area contributed by atoms with Crippen molar-refractivity contribution in [2.24, 2.45) is 0 Å². The van der Waals surface area contributed by atoms with Gasteiger partial charge in [0.1, 0.15) is 0 Å². The Morgan fingerprint density at radius 2 is 1.78 bits per heavy atom. The van der Waals surface area contributed by atoms with Gasteiger partial charge in [-0.3, -0.25) is 9.59 Å². The van der Waals surface area contributed by atoms with Crippen LogP contribution in [0.5, 0.6) is 0 Å². The van der Waals surface area contributed by atoms with E-state index >= 15 is 0 Å². The van der Waals surface area contributed by atoms with Gasteiger partial charge in [-0.1, -0.05) is 0 Å². The van der Waals surface area contributed by atoms with E-state index in [0.29, 0.717) is 18.5 Å². The molecule has 4 heteroatoms. The van der Waals surface area contributed by atoms with Gasteiger partial charge in [-0.15, -0.1) is 0 Å². The lowest BCUT2D eigenvalue weighted by Crippen LogP contribution is -2.31. The first-order chi connectivity index (χ1) is 8.49. The summed E-state index contributed by atoms with van der Waals surface area (Å²) >= 11 is 0. The van der Waals surface area contributed by atoms with Crippen LogP contribution in [0.15, 0.2) is 24.3 Å². The van der Waals surface area contributed by atoms with E-state index in [4.69, 9.17) is 0 Å². The molecule has 1 rings (SSSR count). The van der Waals surface area contributed by atoms with Crippen LogP contribution in [0.3, 0.4) is 0 Å². The highest BCUT2D eigenvalue weighted by Gasteiger charge is 2.03. The highest BCUT2D eigenvalue weighted by Crippen LogP contribution is 2.09. The summed E-state index contributed by atoms with van der Waals surface area (Å²) < 4.78 is 0. The molecule has 0 unspecified atom stereocenters. The maximum Gasteiger partial charge on any atom is 0.221 e. The topological polar surface area (TPSA) is 58.2 Å². The van der Waals surface area contributed by atoms with E-state index in [9.17, 15) is 9.59 Å². The average molecular weight is 248 g/mol. The van der Waals surface area contributed by atoms with Gasteiger partial charge in [0.15, 0.2) is 5.78 Å². The lowest BCUT2D eigenvalue weighted by atomic mass is 10.1. The normalized spacial score (nSPS) is 10.2. The van der Waals surface area contributed by atoms with E-state index in [1.165, 1.54) is 0 Å². The summed E-state index contributed by atoms with van der Waals surface area (Å²) in [7, 11) is 0. The van der Waals surface area contributed by atoms with Gasteiger partial charge in [-0.25, -0.2) is 0 Å². The molecule has 0 aliphatic heterocycles. The Hall–Kier alpha value is -1.84. The van der Waals surface area contributed by atoms with Gasteiger partial charge in [-0.2, -0.15) is 0 Å². The summed E-state index contributed by atoms with van der Waals surface area (Å²) in [5, 5.41) is 5.97. The van der Waals surface area contributed by atoms with Crippen LogP contribution in [0.1, 0.15) is 37.6 Å². The highest BCUT2D eigenvalue weighted by molar-refractivity contribution is 5.94. The summed E-state index contributed by atoms with van der Waals surface area (Å²) in [6, 6.07) is 7.42. The number of hydrogen-bond acceptors (Lipinski definition) is 3. The van der Waals surface area contributed by atoms with Crippen LogP contribution in [-0.4, -0.2) is 24.3 Å². The third-order valence-electron chi connectivity index (χ3n) is 2.42. The van der Waals surface area contributed by atoms with Gasteiger partial charge >= 0.3 is 0 Å². The Balaban J connectivity index is 2.35. The van der Waals surface area contributed by atoms with Crippen LogP contribution < -0.4 is 10.6 Å². The van der Waals surface area contributed by atoms with Crippen LogP contribution in [0, 0.1) is 0 Å². The van der Waals surface area contributed by atoms with Crippen LogP contribution in [0.25, 0.3) is 0 Å². The number of carbonyl (C=O) groups is 2. The first-order valence-corrected chi connectivity index (χ1v) is 6.13. The van der Waals surface area contributed by atoms with E-state index in [-0.39, 0.29) is 17.7 Å². The van der Waals surface area contributed by atoms with Crippen molar-refractivity contribution >= 4 is 17.4 Å². The average Bonchev–Trinajstić information content (AvgIpc) is 2.28. The molecule has 0 aliphatic rings. The van der Waals surface area contributed by atoms with Crippen molar-refractivity contribution in [3.05, 3.63) is 29.8 Å². The number of ketones is 1. The van der Waals surface area contributed by atoms with Crippen molar-refractivity contribution in [3.8, 4) is 0 Å². The molecule has 0 aliphatic carbocycles. The zero-order valence-corrected chi connectivity index (χ0v) is 11.1. The zero-order chi connectivity index (χ0) is 13.5. The molecule has 1 aromatic carbocycles. The SMILES string of the molecule is CC(=O)c1ccc(NCCC(=O)NC(C)C)cc1. The minimum absolute atomic E-state index is 0.0397. The quantitative estimate of drug-likeness (QED) is 0.759. The molecule has 1 aromatic rings. The number of rotatable bonds is 6. The number of carbonyl (C=O) groups excluding carboxylic acids is 2. The Bertz CT molecular complexity index is 410. The van der Waals surface area contributed by atoms with Crippen molar-refractivity contribution in [1.29, 1.82) is 0 Å². The number of hydrogen-bond donors (Lipinski definition) is 2. The molecule has 18 heavy (non-hydrogen) atoms. The van der Waals surface area contributed by atoms with Gasteiger partial charge < -0.3 is 10.6 Å². The molecule has 0 saturated carbocycles. The second-order valence-electron chi connectivity index (χ2n) is 4.53. The molecule has 0 aromatic heterocycles. The Morgan fingerprint density at radius 1 is 1.17 bits per heavy atom. The van der Waals surface area contributed by atoms with Gasteiger partial charge in [0, 0.05) is 30.3 Å². The monoisotopic (exact) mass is 248 g/mol.